The molecule has 0 bridgehead atoms. The van der Waals surface area contributed by atoms with Crippen LogP contribution in [0.15, 0.2) is 55.3 Å². The third kappa shape index (κ3) is 4.96. The highest BCUT2D eigenvalue weighted by Crippen LogP contribution is 2.14. The van der Waals surface area contributed by atoms with E-state index in [1.807, 2.05) is 0 Å². The monoisotopic (exact) mass is 310 g/mol. The minimum absolute atomic E-state index is 0.142. The van der Waals surface area contributed by atoms with Crippen LogP contribution in [0.4, 0.5) is 17.1 Å². The number of amides is 2. The van der Waals surface area contributed by atoms with Gasteiger partial charge in [-0.3, -0.25) is 9.59 Å². The Labute approximate surface area is 134 Å². The number of rotatable bonds is 6. The Morgan fingerprint density at radius 1 is 1.04 bits per heavy atom. The van der Waals surface area contributed by atoms with Crippen molar-refractivity contribution in [3.63, 3.8) is 0 Å². The van der Waals surface area contributed by atoms with Crippen molar-refractivity contribution in [2.45, 2.75) is 6.92 Å². The van der Waals surface area contributed by atoms with Crippen LogP contribution in [0, 0.1) is 0 Å². The molecule has 23 heavy (non-hydrogen) atoms. The molecule has 0 fully saturated rings. The quantitative estimate of drug-likeness (QED) is 0.716. The second kappa shape index (κ2) is 7.74. The average molecular weight is 310 g/mol. The second-order valence-electron chi connectivity index (χ2n) is 4.81. The van der Waals surface area contributed by atoms with Crippen LogP contribution in [-0.2, 0) is 4.79 Å². The third-order valence-corrected chi connectivity index (χ3v) is 2.91. The summed E-state index contributed by atoms with van der Waals surface area (Å²) in [6, 6.07) is 10.3. The van der Waals surface area contributed by atoms with E-state index in [9.17, 15) is 9.59 Å². The molecule has 0 aliphatic heterocycles. The van der Waals surface area contributed by atoms with Crippen molar-refractivity contribution in [3.05, 3.63) is 60.9 Å². The summed E-state index contributed by atoms with van der Waals surface area (Å²) in [7, 11) is 0. The number of anilines is 3. The highest BCUT2D eigenvalue weighted by atomic mass is 16.2. The van der Waals surface area contributed by atoms with Crippen molar-refractivity contribution in [1.82, 2.24) is 4.98 Å². The molecular weight excluding hydrogens is 292 g/mol. The lowest BCUT2D eigenvalue weighted by Gasteiger charge is -2.07. The predicted octanol–water partition coefficient (Wildman–Crippen LogP) is 2.89. The summed E-state index contributed by atoms with van der Waals surface area (Å²) in [6.45, 7) is 5.69. The molecule has 0 atom stereocenters. The molecular formula is C17H18N4O2. The zero-order valence-corrected chi connectivity index (χ0v) is 12.8. The maximum Gasteiger partial charge on any atom is 0.274 e. The first-order valence-electron chi connectivity index (χ1n) is 7.08. The van der Waals surface area contributed by atoms with E-state index in [1.54, 1.807) is 48.7 Å². The van der Waals surface area contributed by atoms with Gasteiger partial charge in [-0.1, -0.05) is 6.08 Å². The van der Waals surface area contributed by atoms with Gasteiger partial charge >= 0.3 is 0 Å². The summed E-state index contributed by atoms with van der Waals surface area (Å²) in [6.07, 6.45) is 3.34. The second-order valence-corrected chi connectivity index (χ2v) is 4.81. The molecule has 6 heteroatoms. The van der Waals surface area contributed by atoms with Crippen molar-refractivity contribution < 1.29 is 9.59 Å². The Kier molecular flexibility index (Phi) is 5.46. The normalized spacial score (nSPS) is 9.78. The van der Waals surface area contributed by atoms with Crippen LogP contribution in [-0.4, -0.2) is 23.3 Å². The van der Waals surface area contributed by atoms with Crippen molar-refractivity contribution in [2.24, 2.45) is 0 Å². The summed E-state index contributed by atoms with van der Waals surface area (Å²) < 4.78 is 0. The summed E-state index contributed by atoms with van der Waals surface area (Å²) in [5.74, 6) is -0.441. The molecule has 0 saturated heterocycles. The predicted molar refractivity (Wildman–Crippen MR) is 91.6 cm³/mol. The maximum atomic E-state index is 12.1. The Balaban J connectivity index is 1.98. The minimum atomic E-state index is -0.299. The van der Waals surface area contributed by atoms with Gasteiger partial charge in [0.1, 0.15) is 5.69 Å². The summed E-state index contributed by atoms with van der Waals surface area (Å²) in [5, 5.41) is 8.50. The molecule has 0 aliphatic carbocycles. The molecule has 118 valence electrons. The van der Waals surface area contributed by atoms with Gasteiger partial charge in [-0.05, 0) is 36.4 Å². The molecule has 2 rings (SSSR count). The number of nitrogens with one attached hydrogen (secondary N) is 3. The van der Waals surface area contributed by atoms with E-state index in [4.69, 9.17) is 0 Å². The van der Waals surface area contributed by atoms with Gasteiger partial charge in [0.2, 0.25) is 5.91 Å². The lowest BCUT2D eigenvalue weighted by Crippen LogP contribution is -2.14. The number of aromatic nitrogens is 1. The van der Waals surface area contributed by atoms with Gasteiger partial charge in [-0.2, -0.15) is 0 Å². The van der Waals surface area contributed by atoms with Crippen molar-refractivity contribution in [3.8, 4) is 0 Å². The van der Waals surface area contributed by atoms with Gasteiger partial charge in [-0.25, -0.2) is 4.98 Å². The largest absolute Gasteiger partial charge is 0.380 e. The van der Waals surface area contributed by atoms with E-state index in [2.05, 4.69) is 27.5 Å². The van der Waals surface area contributed by atoms with Gasteiger partial charge in [-0.15, -0.1) is 6.58 Å². The fraction of sp³-hybridized carbons (Fsp3) is 0.118. The third-order valence-electron chi connectivity index (χ3n) is 2.91. The van der Waals surface area contributed by atoms with Crippen LogP contribution < -0.4 is 16.0 Å². The number of hydrogen-bond donors (Lipinski definition) is 3. The standard InChI is InChI=1S/C17H18N4O2/c1-3-10-18-15-8-9-16(19-11-15)17(23)21-14-6-4-13(5-7-14)20-12(2)22/h3-9,11,18H,1,10H2,2H3,(H,20,22)(H,21,23). The first kappa shape index (κ1) is 16.2. The number of benzene rings is 1. The Morgan fingerprint density at radius 3 is 2.17 bits per heavy atom. The van der Waals surface area contributed by atoms with E-state index in [1.165, 1.54) is 6.92 Å². The van der Waals surface area contributed by atoms with Crippen molar-refractivity contribution in [1.29, 1.82) is 0 Å². The fourth-order valence-corrected chi connectivity index (χ4v) is 1.86. The number of carbonyl (C=O) groups excluding carboxylic acids is 2. The number of pyridine rings is 1. The molecule has 1 aromatic carbocycles. The molecule has 2 amide bonds. The molecule has 0 saturated carbocycles. The zero-order chi connectivity index (χ0) is 16.7. The smallest absolute Gasteiger partial charge is 0.274 e. The van der Waals surface area contributed by atoms with Crippen LogP contribution in [0.2, 0.25) is 0 Å². The molecule has 0 radical (unpaired) electrons. The van der Waals surface area contributed by atoms with Gasteiger partial charge in [0, 0.05) is 24.8 Å². The van der Waals surface area contributed by atoms with Crippen LogP contribution in [0.3, 0.4) is 0 Å². The van der Waals surface area contributed by atoms with Crippen molar-refractivity contribution in [2.75, 3.05) is 22.5 Å². The highest BCUT2D eigenvalue weighted by Gasteiger charge is 2.07. The van der Waals surface area contributed by atoms with Crippen LogP contribution in [0.5, 0.6) is 0 Å². The van der Waals surface area contributed by atoms with Gasteiger partial charge in [0.05, 0.1) is 11.9 Å². The average Bonchev–Trinajstić information content (AvgIpc) is 2.54. The van der Waals surface area contributed by atoms with Gasteiger partial charge < -0.3 is 16.0 Å². The summed E-state index contributed by atoms with van der Waals surface area (Å²) >= 11 is 0. The Bertz CT molecular complexity index is 694. The molecule has 3 N–H and O–H groups in total. The molecule has 2 aromatic rings. The van der Waals surface area contributed by atoms with Crippen LogP contribution >= 0.6 is 0 Å². The highest BCUT2D eigenvalue weighted by molar-refractivity contribution is 6.03. The van der Waals surface area contributed by atoms with E-state index in [0.29, 0.717) is 23.6 Å². The SMILES string of the molecule is C=CCNc1ccc(C(=O)Nc2ccc(NC(C)=O)cc2)nc1. The fourth-order valence-electron chi connectivity index (χ4n) is 1.86. The first-order chi connectivity index (χ1) is 11.1. The van der Waals surface area contributed by atoms with Gasteiger partial charge in [0.25, 0.3) is 5.91 Å². The van der Waals surface area contributed by atoms with Gasteiger partial charge in [0.15, 0.2) is 0 Å². The minimum Gasteiger partial charge on any atom is -0.380 e. The van der Waals surface area contributed by atoms with Crippen molar-refractivity contribution >= 4 is 28.9 Å². The summed E-state index contributed by atoms with van der Waals surface area (Å²) in [5.41, 5.74) is 2.44. The molecule has 6 nitrogen and oxygen atoms in total. The topological polar surface area (TPSA) is 83.1 Å². The number of hydrogen-bond acceptors (Lipinski definition) is 4. The van der Waals surface area contributed by atoms with Crippen LogP contribution in [0.1, 0.15) is 17.4 Å². The summed E-state index contributed by atoms with van der Waals surface area (Å²) in [4.78, 5) is 27.2. The lowest BCUT2D eigenvalue weighted by atomic mass is 10.2. The Hall–Kier alpha value is -3.15. The number of nitrogens with zero attached hydrogens (tertiary/aromatic N) is 1. The van der Waals surface area contributed by atoms with E-state index in [-0.39, 0.29) is 11.8 Å². The maximum absolute atomic E-state index is 12.1. The molecule has 0 spiro atoms. The molecule has 1 aromatic heterocycles. The number of carbonyl (C=O) groups is 2. The van der Waals surface area contributed by atoms with Crippen LogP contribution in [0.25, 0.3) is 0 Å². The zero-order valence-electron chi connectivity index (χ0n) is 12.8. The molecule has 0 unspecified atom stereocenters. The van der Waals surface area contributed by atoms with E-state index < -0.39 is 0 Å². The molecule has 0 aliphatic rings. The molecule has 1 heterocycles. The first-order valence-corrected chi connectivity index (χ1v) is 7.08. The lowest BCUT2D eigenvalue weighted by molar-refractivity contribution is -0.114. The van der Waals surface area contributed by atoms with E-state index >= 15 is 0 Å². The van der Waals surface area contributed by atoms with E-state index in [0.717, 1.165) is 5.69 Å². The Morgan fingerprint density at radius 2 is 1.65 bits per heavy atom.